The molecule has 104 valence electrons. The molecule has 1 amide bonds. The van der Waals surface area contributed by atoms with Crippen molar-refractivity contribution in [1.82, 2.24) is 10.6 Å². The molecule has 0 fully saturated rings. The van der Waals surface area contributed by atoms with Crippen LogP contribution < -0.4 is 10.6 Å². The van der Waals surface area contributed by atoms with Crippen molar-refractivity contribution >= 4 is 5.91 Å². The van der Waals surface area contributed by atoms with Crippen molar-refractivity contribution in [2.24, 2.45) is 0 Å². The van der Waals surface area contributed by atoms with Crippen LogP contribution in [0.5, 0.6) is 0 Å². The average molecular weight is 262 g/mol. The summed E-state index contributed by atoms with van der Waals surface area (Å²) in [5.41, 5.74) is 2.87. The molecular weight excluding hydrogens is 240 g/mol. The Hall–Kier alpha value is -1.39. The first-order valence-corrected chi connectivity index (χ1v) is 6.85. The lowest BCUT2D eigenvalue weighted by molar-refractivity contribution is -0.121. The SMILES string of the molecule is COCCNC(=O)CCNC1Cc2ccccc2C1. The standard InChI is InChI=1S/C15H22N2O2/c1-19-9-8-17-15(18)6-7-16-14-10-12-4-2-3-5-13(12)11-14/h2-5,14,16H,6-11H2,1H3,(H,17,18). The first kappa shape index (κ1) is 14.0. The van der Waals surface area contributed by atoms with E-state index in [1.807, 2.05) is 0 Å². The molecule has 0 saturated heterocycles. The van der Waals surface area contributed by atoms with Gasteiger partial charge in [0.1, 0.15) is 0 Å². The van der Waals surface area contributed by atoms with Gasteiger partial charge in [0.15, 0.2) is 0 Å². The highest BCUT2D eigenvalue weighted by molar-refractivity contribution is 5.76. The van der Waals surface area contributed by atoms with E-state index in [2.05, 4.69) is 34.9 Å². The Balaban J connectivity index is 1.62. The average Bonchev–Trinajstić information content (AvgIpc) is 2.81. The molecule has 4 nitrogen and oxygen atoms in total. The second kappa shape index (κ2) is 7.26. The van der Waals surface area contributed by atoms with E-state index in [1.165, 1.54) is 11.1 Å². The van der Waals surface area contributed by atoms with Crippen molar-refractivity contribution < 1.29 is 9.53 Å². The highest BCUT2D eigenvalue weighted by Gasteiger charge is 2.20. The van der Waals surface area contributed by atoms with Crippen molar-refractivity contribution in [3.05, 3.63) is 35.4 Å². The molecule has 1 aromatic carbocycles. The van der Waals surface area contributed by atoms with Gasteiger partial charge in [-0.25, -0.2) is 0 Å². The van der Waals surface area contributed by atoms with E-state index in [9.17, 15) is 4.79 Å². The highest BCUT2D eigenvalue weighted by atomic mass is 16.5. The summed E-state index contributed by atoms with van der Waals surface area (Å²) < 4.78 is 4.88. The number of amides is 1. The van der Waals surface area contributed by atoms with Crippen molar-refractivity contribution in [2.75, 3.05) is 26.8 Å². The molecule has 0 unspecified atom stereocenters. The number of benzene rings is 1. The minimum absolute atomic E-state index is 0.0834. The normalized spacial score (nSPS) is 14.4. The number of ether oxygens (including phenoxy) is 1. The zero-order valence-electron chi connectivity index (χ0n) is 11.4. The first-order valence-electron chi connectivity index (χ1n) is 6.85. The first-order chi connectivity index (χ1) is 9.29. The Kier molecular flexibility index (Phi) is 5.36. The molecule has 1 aromatic rings. The molecule has 0 saturated carbocycles. The van der Waals surface area contributed by atoms with Crippen LogP contribution in [0.15, 0.2) is 24.3 Å². The number of nitrogens with one attached hydrogen (secondary N) is 2. The van der Waals surface area contributed by atoms with Crippen LogP contribution in [0, 0.1) is 0 Å². The van der Waals surface area contributed by atoms with E-state index < -0.39 is 0 Å². The Morgan fingerprint density at radius 2 is 1.95 bits per heavy atom. The number of carbonyl (C=O) groups excluding carboxylic acids is 1. The second-order valence-corrected chi connectivity index (χ2v) is 4.92. The smallest absolute Gasteiger partial charge is 0.221 e. The fraction of sp³-hybridized carbons (Fsp3) is 0.533. The maximum Gasteiger partial charge on any atom is 0.221 e. The zero-order chi connectivity index (χ0) is 13.5. The third-order valence-electron chi connectivity index (χ3n) is 3.46. The topological polar surface area (TPSA) is 50.4 Å². The van der Waals surface area contributed by atoms with Crippen molar-refractivity contribution in [1.29, 1.82) is 0 Å². The highest BCUT2D eigenvalue weighted by Crippen LogP contribution is 2.21. The monoisotopic (exact) mass is 262 g/mol. The molecule has 0 bridgehead atoms. The summed E-state index contributed by atoms with van der Waals surface area (Å²) in [5.74, 6) is 0.0834. The van der Waals surface area contributed by atoms with Crippen molar-refractivity contribution in [3.63, 3.8) is 0 Å². The zero-order valence-corrected chi connectivity index (χ0v) is 11.4. The molecule has 0 aromatic heterocycles. The number of methoxy groups -OCH3 is 1. The van der Waals surface area contributed by atoms with Gasteiger partial charge in [0.05, 0.1) is 6.61 Å². The van der Waals surface area contributed by atoms with Crippen molar-refractivity contribution in [3.8, 4) is 0 Å². The van der Waals surface area contributed by atoms with Gasteiger partial charge in [-0.05, 0) is 24.0 Å². The third-order valence-corrected chi connectivity index (χ3v) is 3.46. The van der Waals surface area contributed by atoms with Crippen molar-refractivity contribution in [2.45, 2.75) is 25.3 Å². The van der Waals surface area contributed by atoms with Crippen LogP contribution >= 0.6 is 0 Å². The van der Waals surface area contributed by atoms with Crippen LogP contribution in [0.4, 0.5) is 0 Å². The molecule has 1 aliphatic rings. The van der Waals surface area contributed by atoms with Gasteiger partial charge in [-0.1, -0.05) is 24.3 Å². The Morgan fingerprint density at radius 1 is 1.26 bits per heavy atom. The van der Waals surface area contributed by atoms with Crippen LogP contribution in [0.25, 0.3) is 0 Å². The molecule has 19 heavy (non-hydrogen) atoms. The molecule has 0 heterocycles. The van der Waals surface area contributed by atoms with E-state index >= 15 is 0 Å². The van der Waals surface area contributed by atoms with Crippen LogP contribution in [0.2, 0.25) is 0 Å². The fourth-order valence-corrected chi connectivity index (χ4v) is 2.47. The molecule has 0 atom stereocenters. The van der Waals surface area contributed by atoms with Crippen LogP contribution in [-0.2, 0) is 22.4 Å². The lowest BCUT2D eigenvalue weighted by Gasteiger charge is -2.11. The minimum atomic E-state index is 0.0834. The van der Waals surface area contributed by atoms with Gasteiger partial charge < -0.3 is 15.4 Å². The lowest BCUT2D eigenvalue weighted by Crippen LogP contribution is -2.34. The summed E-state index contributed by atoms with van der Waals surface area (Å²) in [7, 11) is 1.63. The molecular formula is C15H22N2O2. The predicted molar refractivity (Wildman–Crippen MR) is 75.1 cm³/mol. The van der Waals surface area contributed by atoms with E-state index in [1.54, 1.807) is 7.11 Å². The van der Waals surface area contributed by atoms with E-state index in [4.69, 9.17) is 4.74 Å². The van der Waals surface area contributed by atoms with Gasteiger partial charge in [0, 0.05) is 32.7 Å². The molecule has 2 N–H and O–H groups in total. The van der Waals surface area contributed by atoms with E-state index in [0.717, 1.165) is 19.4 Å². The Morgan fingerprint density at radius 3 is 2.58 bits per heavy atom. The summed E-state index contributed by atoms with van der Waals surface area (Å²) in [4.78, 5) is 11.5. The number of hydrogen-bond acceptors (Lipinski definition) is 3. The molecule has 1 aliphatic carbocycles. The number of hydrogen-bond donors (Lipinski definition) is 2. The number of fused-ring (bicyclic) bond motifs is 1. The van der Waals surface area contributed by atoms with Gasteiger partial charge in [0.25, 0.3) is 0 Å². The summed E-state index contributed by atoms with van der Waals surface area (Å²) in [6, 6.07) is 9.03. The largest absolute Gasteiger partial charge is 0.383 e. The molecule has 2 rings (SSSR count). The van der Waals surface area contributed by atoms with E-state index in [-0.39, 0.29) is 5.91 Å². The minimum Gasteiger partial charge on any atom is -0.383 e. The lowest BCUT2D eigenvalue weighted by atomic mass is 10.1. The molecule has 4 heteroatoms. The maximum atomic E-state index is 11.5. The van der Waals surface area contributed by atoms with Gasteiger partial charge in [-0.2, -0.15) is 0 Å². The van der Waals surface area contributed by atoms with Gasteiger partial charge >= 0.3 is 0 Å². The number of rotatable bonds is 7. The summed E-state index contributed by atoms with van der Waals surface area (Å²) in [6.45, 7) is 1.89. The second-order valence-electron chi connectivity index (χ2n) is 4.92. The van der Waals surface area contributed by atoms with Crippen LogP contribution in [0.3, 0.4) is 0 Å². The fourth-order valence-electron chi connectivity index (χ4n) is 2.47. The summed E-state index contributed by atoms with van der Waals surface area (Å²) in [5, 5.41) is 6.28. The Labute approximate surface area is 114 Å². The maximum absolute atomic E-state index is 11.5. The third kappa shape index (κ3) is 4.33. The summed E-state index contributed by atoms with van der Waals surface area (Å²) >= 11 is 0. The van der Waals surface area contributed by atoms with Gasteiger partial charge in [0.2, 0.25) is 5.91 Å². The van der Waals surface area contributed by atoms with Gasteiger partial charge in [-0.3, -0.25) is 4.79 Å². The quantitative estimate of drug-likeness (QED) is 0.718. The predicted octanol–water partition coefficient (Wildman–Crippen LogP) is 0.896. The summed E-state index contributed by atoms with van der Waals surface area (Å²) in [6.07, 6.45) is 2.67. The van der Waals surface area contributed by atoms with Crippen LogP contribution in [0.1, 0.15) is 17.5 Å². The van der Waals surface area contributed by atoms with Gasteiger partial charge in [-0.15, -0.1) is 0 Å². The molecule has 0 spiro atoms. The number of carbonyl (C=O) groups is 1. The van der Waals surface area contributed by atoms with Crippen LogP contribution in [-0.4, -0.2) is 38.8 Å². The molecule has 0 radical (unpaired) electrons. The van der Waals surface area contributed by atoms with E-state index in [0.29, 0.717) is 25.6 Å². The molecule has 0 aliphatic heterocycles. The Bertz CT molecular complexity index is 395.